The van der Waals surface area contributed by atoms with E-state index in [4.69, 9.17) is 4.74 Å². The van der Waals surface area contributed by atoms with Gasteiger partial charge in [0.05, 0.1) is 12.1 Å². The van der Waals surface area contributed by atoms with Gasteiger partial charge in [-0.2, -0.15) is 8.78 Å². The molecule has 2 N–H and O–H groups in total. The van der Waals surface area contributed by atoms with Crippen molar-refractivity contribution < 1.29 is 23.0 Å². The van der Waals surface area contributed by atoms with E-state index in [1.807, 2.05) is 0 Å². The van der Waals surface area contributed by atoms with Crippen LogP contribution in [0.15, 0.2) is 24.3 Å². The molecule has 7 heteroatoms. The summed E-state index contributed by atoms with van der Waals surface area (Å²) in [6.07, 6.45) is -0.0977. The Morgan fingerprint density at radius 1 is 1.45 bits per heavy atom. The molecule has 110 valence electrons. The zero-order valence-corrected chi connectivity index (χ0v) is 10.9. The number of ether oxygens (including phenoxy) is 2. The van der Waals surface area contributed by atoms with Gasteiger partial charge >= 0.3 is 6.61 Å². The summed E-state index contributed by atoms with van der Waals surface area (Å²) in [7, 11) is 1.58. The molecule has 2 atom stereocenters. The molecule has 1 amide bonds. The minimum atomic E-state index is -2.91. The van der Waals surface area contributed by atoms with Gasteiger partial charge in [0.1, 0.15) is 5.75 Å². The number of nitrogens with one attached hydrogen (secondary N) is 2. The molecule has 1 heterocycles. The van der Waals surface area contributed by atoms with Gasteiger partial charge in [-0.1, -0.05) is 6.07 Å². The van der Waals surface area contributed by atoms with E-state index in [2.05, 4.69) is 15.4 Å². The average molecular weight is 286 g/mol. The first-order chi connectivity index (χ1) is 9.60. The Morgan fingerprint density at radius 2 is 2.25 bits per heavy atom. The Labute approximate surface area is 115 Å². The van der Waals surface area contributed by atoms with Gasteiger partial charge in [-0.3, -0.25) is 4.79 Å². The highest BCUT2D eigenvalue weighted by atomic mass is 19.3. The molecule has 1 aliphatic rings. The van der Waals surface area contributed by atoms with Gasteiger partial charge in [-0.05, 0) is 18.2 Å². The summed E-state index contributed by atoms with van der Waals surface area (Å²) in [5.41, 5.74) is 0.268. The van der Waals surface area contributed by atoms with Crippen LogP contribution in [0.2, 0.25) is 0 Å². The van der Waals surface area contributed by atoms with Crippen molar-refractivity contribution >= 4 is 5.91 Å². The first-order valence-corrected chi connectivity index (χ1v) is 6.19. The van der Waals surface area contributed by atoms with Gasteiger partial charge < -0.3 is 20.1 Å². The van der Waals surface area contributed by atoms with Crippen molar-refractivity contribution in [3.63, 3.8) is 0 Å². The second-order valence-electron chi connectivity index (χ2n) is 4.42. The second-order valence-corrected chi connectivity index (χ2v) is 4.42. The van der Waals surface area contributed by atoms with Gasteiger partial charge in [-0.15, -0.1) is 0 Å². The molecular weight excluding hydrogens is 270 g/mol. The molecule has 20 heavy (non-hydrogen) atoms. The van der Waals surface area contributed by atoms with E-state index in [0.717, 1.165) is 0 Å². The first-order valence-electron chi connectivity index (χ1n) is 6.19. The Kier molecular flexibility index (Phi) is 4.86. The normalized spacial score (nSPS) is 22.0. The summed E-state index contributed by atoms with van der Waals surface area (Å²) < 4.78 is 33.8. The van der Waals surface area contributed by atoms with Gasteiger partial charge in [0.15, 0.2) is 0 Å². The lowest BCUT2D eigenvalue weighted by atomic mass is 10.1. The Hall–Kier alpha value is -1.73. The largest absolute Gasteiger partial charge is 0.435 e. The fourth-order valence-corrected chi connectivity index (χ4v) is 2.11. The van der Waals surface area contributed by atoms with Crippen LogP contribution in [0.25, 0.3) is 0 Å². The third kappa shape index (κ3) is 3.64. The van der Waals surface area contributed by atoms with Crippen LogP contribution in [0.1, 0.15) is 10.4 Å². The lowest BCUT2D eigenvalue weighted by Gasteiger charge is -2.18. The van der Waals surface area contributed by atoms with Crippen LogP contribution >= 0.6 is 0 Å². The maximum Gasteiger partial charge on any atom is 0.387 e. The number of carbonyl (C=O) groups is 1. The number of hydrogen-bond acceptors (Lipinski definition) is 4. The minimum absolute atomic E-state index is 0.0412. The van der Waals surface area contributed by atoms with E-state index in [1.54, 1.807) is 7.11 Å². The van der Waals surface area contributed by atoms with E-state index in [9.17, 15) is 13.6 Å². The van der Waals surface area contributed by atoms with E-state index in [0.29, 0.717) is 13.1 Å². The van der Waals surface area contributed by atoms with Crippen molar-refractivity contribution in [3.05, 3.63) is 29.8 Å². The molecule has 1 aromatic rings. The molecule has 0 spiro atoms. The van der Waals surface area contributed by atoms with E-state index in [1.165, 1.54) is 24.3 Å². The van der Waals surface area contributed by atoms with E-state index < -0.39 is 6.61 Å². The molecule has 5 nitrogen and oxygen atoms in total. The van der Waals surface area contributed by atoms with E-state index >= 15 is 0 Å². The summed E-state index contributed by atoms with van der Waals surface area (Å²) in [5, 5.41) is 5.91. The summed E-state index contributed by atoms with van der Waals surface area (Å²) in [5.74, 6) is -0.388. The Morgan fingerprint density at radius 3 is 2.95 bits per heavy atom. The zero-order chi connectivity index (χ0) is 14.5. The van der Waals surface area contributed by atoms with Crippen LogP contribution in [0.3, 0.4) is 0 Å². The molecule has 1 saturated heterocycles. The topological polar surface area (TPSA) is 59.6 Å². The predicted octanol–water partition coefficient (Wildman–Crippen LogP) is 1.00. The van der Waals surface area contributed by atoms with Crippen molar-refractivity contribution in [1.82, 2.24) is 10.6 Å². The number of benzene rings is 1. The summed E-state index contributed by atoms with van der Waals surface area (Å²) in [6, 6.07) is 5.54. The number of rotatable bonds is 5. The van der Waals surface area contributed by atoms with Crippen LogP contribution in [0.4, 0.5) is 8.78 Å². The zero-order valence-electron chi connectivity index (χ0n) is 10.9. The third-order valence-corrected chi connectivity index (χ3v) is 3.10. The lowest BCUT2D eigenvalue weighted by Crippen LogP contribution is -2.43. The van der Waals surface area contributed by atoms with E-state index in [-0.39, 0.29) is 29.4 Å². The number of alkyl halides is 2. The quantitative estimate of drug-likeness (QED) is 0.848. The summed E-state index contributed by atoms with van der Waals surface area (Å²) >= 11 is 0. The second kappa shape index (κ2) is 6.62. The average Bonchev–Trinajstić information content (AvgIpc) is 2.85. The molecule has 0 saturated carbocycles. The maximum absolute atomic E-state index is 12.1. The highest BCUT2D eigenvalue weighted by molar-refractivity contribution is 5.94. The molecule has 0 aliphatic carbocycles. The number of amides is 1. The molecule has 0 radical (unpaired) electrons. The number of halogens is 2. The van der Waals surface area contributed by atoms with Crippen molar-refractivity contribution in [2.24, 2.45) is 0 Å². The number of methoxy groups -OCH3 is 1. The highest BCUT2D eigenvalue weighted by Crippen LogP contribution is 2.16. The number of hydrogen-bond donors (Lipinski definition) is 2. The van der Waals surface area contributed by atoms with Crippen molar-refractivity contribution in [2.45, 2.75) is 18.8 Å². The molecule has 1 unspecified atom stereocenters. The molecule has 1 aromatic carbocycles. The minimum Gasteiger partial charge on any atom is -0.435 e. The Balaban J connectivity index is 2.01. The molecule has 2 rings (SSSR count). The molecular formula is C13H16F2N2O3. The van der Waals surface area contributed by atoms with Gasteiger partial charge in [0.2, 0.25) is 0 Å². The number of carbonyl (C=O) groups excluding carboxylic acids is 1. The summed E-state index contributed by atoms with van der Waals surface area (Å²) in [6.45, 7) is -1.64. The van der Waals surface area contributed by atoms with Crippen LogP contribution < -0.4 is 15.4 Å². The highest BCUT2D eigenvalue weighted by Gasteiger charge is 2.28. The third-order valence-electron chi connectivity index (χ3n) is 3.10. The lowest BCUT2D eigenvalue weighted by molar-refractivity contribution is -0.0498. The molecule has 1 fully saturated rings. The van der Waals surface area contributed by atoms with Crippen molar-refractivity contribution in [1.29, 1.82) is 0 Å². The first kappa shape index (κ1) is 14.7. The molecule has 0 bridgehead atoms. The van der Waals surface area contributed by atoms with Crippen molar-refractivity contribution in [3.8, 4) is 5.75 Å². The Bertz CT molecular complexity index is 471. The van der Waals surface area contributed by atoms with Crippen LogP contribution in [-0.2, 0) is 4.74 Å². The fourth-order valence-electron chi connectivity index (χ4n) is 2.11. The van der Waals surface area contributed by atoms with Gasteiger partial charge in [0, 0.05) is 25.8 Å². The van der Waals surface area contributed by atoms with Gasteiger partial charge in [-0.25, -0.2) is 0 Å². The van der Waals surface area contributed by atoms with Crippen LogP contribution in [0, 0.1) is 0 Å². The predicted molar refractivity (Wildman–Crippen MR) is 68.0 cm³/mol. The maximum atomic E-state index is 12.1. The smallest absolute Gasteiger partial charge is 0.387 e. The standard InChI is InChI=1S/C13H16F2N2O3/c1-19-11-7-16-6-10(11)17-12(18)8-3-2-4-9(5-8)20-13(14)15/h2-5,10-11,13,16H,6-7H2,1H3,(H,17,18)/t10?,11-/m0/s1. The van der Waals surface area contributed by atoms with Crippen LogP contribution in [0.5, 0.6) is 5.75 Å². The van der Waals surface area contributed by atoms with Crippen LogP contribution in [-0.4, -0.2) is 44.9 Å². The summed E-state index contributed by atoms with van der Waals surface area (Å²) in [4.78, 5) is 12.1. The SMILES string of the molecule is CO[C@H]1CNCC1NC(=O)c1cccc(OC(F)F)c1. The molecule has 0 aromatic heterocycles. The molecule has 1 aliphatic heterocycles. The fraction of sp³-hybridized carbons (Fsp3) is 0.462. The monoisotopic (exact) mass is 286 g/mol. The van der Waals surface area contributed by atoms with Crippen molar-refractivity contribution in [2.75, 3.05) is 20.2 Å². The van der Waals surface area contributed by atoms with Gasteiger partial charge in [0.25, 0.3) is 5.91 Å².